The van der Waals surface area contributed by atoms with Crippen LogP contribution in [0.4, 0.5) is 5.82 Å². The lowest BCUT2D eigenvalue weighted by atomic mass is 10.0. The number of nitrogens with one attached hydrogen (secondary N) is 2. The second-order valence-electron chi connectivity index (χ2n) is 5.11. The number of likely N-dealkylation sites (N-methyl/N-ethyl adjacent to an activating group) is 1. The molecule has 1 aliphatic rings. The highest BCUT2D eigenvalue weighted by Gasteiger charge is 2.24. The summed E-state index contributed by atoms with van der Waals surface area (Å²) in [5.41, 5.74) is 0. The number of amides is 2. The average molecular weight is 355 g/mol. The van der Waals surface area contributed by atoms with Gasteiger partial charge in [0.2, 0.25) is 11.8 Å². The first-order valence-electron chi connectivity index (χ1n) is 6.96. The summed E-state index contributed by atoms with van der Waals surface area (Å²) in [5, 5.41) is 5.86. The van der Waals surface area contributed by atoms with Gasteiger partial charge in [-0.05, 0) is 47.4 Å². The smallest absolute Gasteiger partial charge is 0.245 e. The van der Waals surface area contributed by atoms with Gasteiger partial charge in [0.25, 0.3) is 0 Å². The van der Waals surface area contributed by atoms with E-state index in [1.165, 1.54) is 4.90 Å². The van der Waals surface area contributed by atoms with Gasteiger partial charge in [0, 0.05) is 17.7 Å². The number of pyridine rings is 1. The maximum absolute atomic E-state index is 12.2. The van der Waals surface area contributed by atoms with E-state index in [2.05, 4.69) is 31.5 Å². The molecule has 2 amide bonds. The Bertz CT molecular complexity index is 500. The Morgan fingerprint density at radius 1 is 1.48 bits per heavy atom. The number of nitrogens with zero attached hydrogens (tertiary/aromatic N) is 2. The van der Waals surface area contributed by atoms with Gasteiger partial charge < -0.3 is 15.5 Å². The minimum atomic E-state index is -0.253. The zero-order valence-corrected chi connectivity index (χ0v) is 13.5. The molecule has 1 aliphatic heterocycles. The van der Waals surface area contributed by atoms with Crippen LogP contribution in [-0.2, 0) is 9.59 Å². The first kappa shape index (κ1) is 15.9. The molecular weight excluding hydrogens is 336 g/mol. The molecule has 7 heteroatoms. The Balaban J connectivity index is 1.83. The number of aromatic nitrogens is 1. The molecule has 2 rings (SSSR count). The second kappa shape index (κ2) is 7.51. The Morgan fingerprint density at radius 3 is 2.90 bits per heavy atom. The van der Waals surface area contributed by atoms with E-state index in [-0.39, 0.29) is 24.4 Å². The summed E-state index contributed by atoms with van der Waals surface area (Å²) in [7, 11) is 1.65. The molecule has 0 radical (unpaired) electrons. The molecule has 0 saturated carbocycles. The van der Waals surface area contributed by atoms with Crippen molar-refractivity contribution in [2.75, 3.05) is 25.5 Å². The fourth-order valence-electron chi connectivity index (χ4n) is 2.25. The average Bonchev–Trinajstić information content (AvgIpc) is 2.49. The lowest BCUT2D eigenvalue weighted by molar-refractivity contribution is -0.135. The van der Waals surface area contributed by atoms with Gasteiger partial charge in [-0.25, -0.2) is 4.98 Å². The van der Waals surface area contributed by atoms with Crippen molar-refractivity contribution in [1.82, 2.24) is 15.2 Å². The maximum Gasteiger partial charge on any atom is 0.245 e. The van der Waals surface area contributed by atoms with Gasteiger partial charge >= 0.3 is 0 Å². The normalized spacial score (nSPS) is 18.1. The molecule has 114 valence electrons. The first-order valence-corrected chi connectivity index (χ1v) is 7.75. The predicted molar refractivity (Wildman–Crippen MR) is 83.8 cm³/mol. The minimum Gasteiger partial charge on any atom is -0.335 e. The van der Waals surface area contributed by atoms with Gasteiger partial charge in [-0.3, -0.25) is 9.59 Å². The number of piperidine rings is 1. The molecule has 0 spiro atoms. The Hall–Kier alpha value is -1.47. The molecule has 2 heterocycles. The topological polar surface area (TPSA) is 74.3 Å². The molecule has 0 aromatic carbocycles. The number of carbonyl (C=O) groups excluding carboxylic acids is 2. The van der Waals surface area contributed by atoms with Crippen LogP contribution in [0.25, 0.3) is 0 Å². The lowest BCUT2D eigenvalue weighted by Gasteiger charge is -2.27. The van der Waals surface area contributed by atoms with Gasteiger partial charge in [0.1, 0.15) is 5.82 Å². The van der Waals surface area contributed by atoms with Gasteiger partial charge in [-0.2, -0.15) is 0 Å². The van der Waals surface area contributed by atoms with E-state index in [9.17, 15) is 9.59 Å². The van der Waals surface area contributed by atoms with Crippen LogP contribution in [0.5, 0.6) is 0 Å². The highest BCUT2D eigenvalue weighted by molar-refractivity contribution is 9.10. The molecule has 0 aliphatic carbocycles. The summed E-state index contributed by atoms with van der Waals surface area (Å²) < 4.78 is 0.844. The van der Waals surface area contributed by atoms with Gasteiger partial charge in [-0.15, -0.1) is 0 Å². The summed E-state index contributed by atoms with van der Waals surface area (Å²) in [6, 6.07) is 3.33. The van der Waals surface area contributed by atoms with Crippen molar-refractivity contribution in [3.8, 4) is 0 Å². The summed E-state index contributed by atoms with van der Waals surface area (Å²) >= 11 is 3.28. The molecule has 21 heavy (non-hydrogen) atoms. The van der Waals surface area contributed by atoms with Crippen LogP contribution < -0.4 is 10.6 Å². The molecule has 2 N–H and O–H groups in total. The molecule has 1 saturated heterocycles. The quantitative estimate of drug-likeness (QED) is 0.856. The molecule has 0 bridgehead atoms. The van der Waals surface area contributed by atoms with E-state index >= 15 is 0 Å². The van der Waals surface area contributed by atoms with Crippen LogP contribution in [0.15, 0.2) is 22.8 Å². The summed E-state index contributed by atoms with van der Waals surface area (Å²) in [6.45, 7) is 0.883. The second-order valence-corrected chi connectivity index (χ2v) is 6.02. The maximum atomic E-state index is 12.2. The van der Waals surface area contributed by atoms with Gasteiger partial charge in [-0.1, -0.05) is 6.42 Å². The number of halogens is 1. The van der Waals surface area contributed by atoms with Gasteiger partial charge in [0.15, 0.2) is 0 Å². The van der Waals surface area contributed by atoms with E-state index in [1.54, 1.807) is 25.4 Å². The molecule has 1 aromatic rings. The van der Waals surface area contributed by atoms with Crippen molar-refractivity contribution >= 4 is 33.6 Å². The van der Waals surface area contributed by atoms with Crippen LogP contribution in [0.3, 0.4) is 0 Å². The van der Waals surface area contributed by atoms with Crippen LogP contribution in [0, 0.1) is 0 Å². The largest absolute Gasteiger partial charge is 0.335 e. The van der Waals surface area contributed by atoms with Crippen molar-refractivity contribution in [3.05, 3.63) is 22.8 Å². The van der Waals surface area contributed by atoms with Crippen LogP contribution in [0.2, 0.25) is 0 Å². The lowest BCUT2D eigenvalue weighted by Crippen LogP contribution is -2.49. The standard InChI is InChI=1S/C14H19BrN4O2/c1-19(14(21)11-4-2-3-7-16-11)9-13(20)18-12-6-5-10(15)8-17-12/h5-6,8,11,16H,2-4,7,9H2,1H3,(H,17,18,20)/t11-/m1/s1. The zero-order valence-electron chi connectivity index (χ0n) is 11.9. The Labute approximate surface area is 132 Å². The van der Waals surface area contributed by atoms with Crippen molar-refractivity contribution in [2.24, 2.45) is 0 Å². The monoisotopic (exact) mass is 354 g/mol. The van der Waals surface area contributed by atoms with E-state index in [0.717, 1.165) is 30.3 Å². The fraction of sp³-hybridized carbons (Fsp3) is 0.500. The van der Waals surface area contributed by atoms with E-state index in [4.69, 9.17) is 0 Å². The van der Waals surface area contributed by atoms with Crippen LogP contribution in [-0.4, -0.2) is 47.9 Å². The van der Waals surface area contributed by atoms with E-state index in [0.29, 0.717) is 5.82 Å². The third-order valence-corrected chi connectivity index (χ3v) is 3.83. The van der Waals surface area contributed by atoms with Crippen molar-refractivity contribution in [2.45, 2.75) is 25.3 Å². The zero-order chi connectivity index (χ0) is 15.2. The molecule has 1 atom stereocenters. The number of rotatable bonds is 4. The van der Waals surface area contributed by atoms with Crippen LogP contribution in [0.1, 0.15) is 19.3 Å². The number of carbonyl (C=O) groups is 2. The highest BCUT2D eigenvalue weighted by atomic mass is 79.9. The molecule has 1 fully saturated rings. The molecular formula is C14H19BrN4O2. The van der Waals surface area contributed by atoms with Gasteiger partial charge in [0.05, 0.1) is 12.6 Å². The van der Waals surface area contributed by atoms with Crippen molar-refractivity contribution < 1.29 is 9.59 Å². The predicted octanol–water partition coefficient (Wildman–Crippen LogP) is 1.38. The third kappa shape index (κ3) is 4.78. The highest BCUT2D eigenvalue weighted by Crippen LogP contribution is 2.11. The van der Waals surface area contributed by atoms with E-state index < -0.39 is 0 Å². The summed E-state index contributed by atoms with van der Waals surface area (Å²) in [5.74, 6) is 0.185. The summed E-state index contributed by atoms with van der Waals surface area (Å²) in [4.78, 5) is 29.6. The van der Waals surface area contributed by atoms with Crippen molar-refractivity contribution in [3.63, 3.8) is 0 Å². The van der Waals surface area contributed by atoms with E-state index in [1.807, 2.05) is 0 Å². The Morgan fingerprint density at radius 2 is 2.29 bits per heavy atom. The Kier molecular flexibility index (Phi) is 5.69. The summed E-state index contributed by atoms with van der Waals surface area (Å²) in [6.07, 6.45) is 4.59. The van der Waals surface area contributed by atoms with Crippen molar-refractivity contribution in [1.29, 1.82) is 0 Å². The van der Waals surface area contributed by atoms with Crippen LogP contribution >= 0.6 is 15.9 Å². The molecule has 6 nitrogen and oxygen atoms in total. The molecule has 0 unspecified atom stereocenters. The number of hydrogen-bond acceptors (Lipinski definition) is 4. The third-order valence-electron chi connectivity index (χ3n) is 3.36. The minimum absolute atomic E-state index is 0.0226. The number of anilines is 1. The number of hydrogen-bond donors (Lipinski definition) is 2. The first-order chi connectivity index (χ1) is 10.1. The molecule has 1 aromatic heterocycles. The SMILES string of the molecule is CN(CC(=O)Nc1ccc(Br)cn1)C(=O)[C@H]1CCCCN1. The fourth-order valence-corrected chi connectivity index (χ4v) is 2.49.